The Kier molecular flexibility index (Phi) is 4.66. The van der Waals surface area contributed by atoms with Crippen molar-refractivity contribution in [2.24, 2.45) is 5.84 Å². The summed E-state index contributed by atoms with van der Waals surface area (Å²) in [6, 6.07) is 4.75. The van der Waals surface area contributed by atoms with Crippen LogP contribution in [0, 0.1) is 0 Å². The molecule has 0 saturated carbocycles. The van der Waals surface area contributed by atoms with E-state index < -0.39 is 0 Å². The van der Waals surface area contributed by atoms with Crippen LogP contribution < -0.4 is 11.3 Å². The number of thioether (sulfide) groups is 1. The highest BCUT2D eigenvalue weighted by atomic mass is 79.9. The first-order valence-corrected chi connectivity index (χ1v) is 9.79. The van der Waals surface area contributed by atoms with Gasteiger partial charge in [-0.25, -0.2) is 0 Å². The molecule has 2 aromatic rings. The zero-order valence-corrected chi connectivity index (χ0v) is 14.4. The molecule has 3 heterocycles. The van der Waals surface area contributed by atoms with Crippen molar-refractivity contribution in [1.82, 2.24) is 5.43 Å². The molecule has 0 aromatic carbocycles. The van der Waals surface area contributed by atoms with Gasteiger partial charge in [0.1, 0.15) is 0 Å². The Morgan fingerprint density at radius 1 is 1.42 bits per heavy atom. The molecule has 0 spiro atoms. The number of thiophene rings is 2. The topological polar surface area (TPSA) is 38.0 Å². The number of rotatable bonds is 4. The Morgan fingerprint density at radius 3 is 3.00 bits per heavy atom. The van der Waals surface area contributed by atoms with Gasteiger partial charge in [0, 0.05) is 36.7 Å². The fourth-order valence-corrected chi connectivity index (χ4v) is 6.18. The highest BCUT2D eigenvalue weighted by Gasteiger charge is 2.19. The molecule has 2 aromatic heterocycles. The summed E-state index contributed by atoms with van der Waals surface area (Å²) in [7, 11) is 0. The minimum Gasteiger partial charge on any atom is -0.271 e. The molecule has 0 saturated heterocycles. The van der Waals surface area contributed by atoms with E-state index in [4.69, 9.17) is 5.84 Å². The molecular weight excluding hydrogens is 360 g/mol. The molecule has 0 bridgehead atoms. The molecule has 19 heavy (non-hydrogen) atoms. The fraction of sp³-hybridized carbons (Fsp3) is 0.385. The molecule has 6 heteroatoms. The molecule has 102 valence electrons. The molecule has 0 aliphatic carbocycles. The van der Waals surface area contributed by atoms with Crippen LogP contribution in [0.5, 0.6) is 0 Å². The van der Waals surface area contributed by atoms with Crippen LogP contribution in [-0.2, 0) is 18.6 Å². The summed E-state index contributed by atoms with van der Waals surface area (Å²) in [5.74, 6) is 8.18. The van der Waals surface area contributed by atoms with Crippen molar-refractivity contribution in [2.75, 3.05) is 5.75 Å². The minimum absolute atomic E-state index is 0.228. The van der Waals surface area contributed by atoms with Crippen molar-refractivity contribution in [1.29, 1.82) is 0 Å². The van der Waals surface area contributed by atoms with Crippen molar-refractivity contribution >= 4 is 50.4 Å². The average Bonchev–Trinajstić information content (AvgIpc) is 3.01. The predicted octanol–water partition coefficient (Wildman–Crippen LogP) is 4.11. The van der Waals surface area contributed by atoms with Gasteiger partial charge in [0.05, 0.1) is 6.04 Å². The van der Waals surface area contributed by atoms with E-state index in [0.717, 1.165) is 16.6 Å². The van der Waals surface area contributed by atoms with E-state index >= 15 is 0 Å². The van der Waals surface area contributed by atoms with Gasteiger partial charge in [-0.05, 0) is 45.8 Å². The molecule has 0 amide bonds. The van der Waals surface area contributed by atoms with Gasteiger partial charge in [0.15, 0.2) is 0 Å². The number of halogens is 1. The first kappa shape index (κ1) is 14.1. The average molecular weight is 375 g/mol. The quantitative estimate of drug-likeness (QED) is 0.624. The lowest BCUT2D eigenvalue weighted by atomic mass is 10.1. The van der Waals surface area contributed by atoms with Gasteiger partial charge in [-0.3, -0.25) is 11.3 Å². The summed E-state index contributed by atoms with van der Waals surface area (Å²) in [6.07, 6.45) is 2.17. The summed E-state index contributed by atoms with van der Waals surface area (Å²) in [5, 5.41) is 2.12. The van der Waals surface area contributed by atoms with E-state index in [1.807, 2.05) is 23.1 Å². The molecule has 0 radical (unpaired) electrons. The third-order valence-corrected chi connectivity index (χ3v) is 7.30. The van der Waals surface area contributed by atoms with Gasteiger partial charge in [-0.1, -0.05) is 0 Å². The summed E-state index contributed by atoms with van der Waals surface area (Å²) >= 11 is 9.25. The second kappa shape index (κ2) is 6.28. The van der Waals surface area contributed by atoms with Gasteiger partial charge in [0.2, 0.25) is 0 Å². The predicted molar refractivity (Wildman–Crippen MR) is 90.0 cm³/mol. The Morgan fingerprint density at radius 2 is 2.32 bits per heavy atom. The van der Waals surface area contributed by atoms with Crippen LogP contribution in [0.4, 0.5) is 0 Å². The Bertz CT molecular complexity index is 540. The largest absolute Gasteiger partial charge is 0.271 e. The number of hydrogen-bond acceptors (Lipinski definition) is 5. The van der Waals surface area contributed by atoms with Gasteiger partial charge >= 0.3 is 0 Å². The Labute approximate surface area is 133 Å². The summed E-state index contributed by atoms with van der Waals surface area (Å²) in [5.41, 5.74) is 4.50. The van der Waals surface area contributed by atoms with Crippen molar-refractivity contribution in [3.05, 3.63) is 42.2 Å². The molecular formula is C13H15BrN2S3. The van der Waals surface area contributed by atoms with E-state index in [1.165, 1.54) is 27.5 Å². The minimum atomic E-state index is 0.228. The lowest BCUT2D eigenvalue weighted by Crippen LogP contribution is -2.28. The van der Waals surface area contributed by atoms with Crippen molar-refractivity contribution < 1.29 is 0 Å². The van der Waals surface area contributed by atoms with E-state index in [9.17, 15) is 0 Å². The lowest BCUT2D eigenvalue weighted by molar-refractivity contribution is 0.564. The second-order valence-electron chi connectivity index (χ2n) is 4.55. The first-order valence-electron chi connectivity index (χ1n) is 6.14. The SMILES string of the molecule is NNC(Cc1cc(Br)cs1)c1cc2c(s1)CCSC2. The van der Waals surface area contributed by atoms with E-state index in [2.05, 4.69) is 38.9 Å². The highest BCUT2D eigenvalue weighted by molar-refractivity contribution is 9.10. The normalized spacial score (nSPS) is 16.3. The van der Waals surface area contributed by atoms with E-state index in [1.54, 1.807) is 16.2 Å². The maximum atomic E-state index is 5.76. The summed E-state index contributed by atoms with van der Waals surface area (Å²) in [6.45, 7) is 0. The van der Waals surface area contributed by atoms with Gasteiger partial charge < -0.3 is 0 Å². The fourth-order valence-electron chi connectivity index (χ4n) is 2.25. The van der Waals surface area contributed by atoms with Crippen LogP contribution in [-0.4, -0.2) is 5.75 Å². The number of nitrogens with one attached hydrogen (secondary N) is 1. The molecule has 2 nitrogen and oxygen atoms in total. The lowest BCUT2D eigenvalue weighted by Gasteiger charge is -2.12. The first-order chi connectivity index (χ1) is 9.26. The molecule has 1 aliphatic heterocycles. The van der Waals surface area contributed by atoms with Crippen molar-refractivity contribution in [2.45, 2.75) is 24.6 Å². The third kappa shape index (κ3) is 3.25. The smallest absolute Gasteiger partial charge is 0.0601 e. The molecule has 1 aliphatic rings. The number of aryl methyl sites for hydroxylation is 1. The maximum absolute atomic E-state index is 5.76. The van der Waals surface area contributed by atoms with Crippen molar-refractivity contribution in [3.63, 3.8) is 0 Å². The van der Waals surface area contributed by atoms with Crippen LogP contribution >= 0.6 is 50.4 Å². The molecule has 3 rings (SSSR count). The Balaban J connectivity index is 1.79. The summed E-state index contributed by atoms with van der Waals surface area (Å²) < 4.78 is 1.16. The third-order valence-electron chi connectivity index (χ3n) is 3.22. The number of nitrogens with two attached hydrogens (primary N) is 1. The summed E-state index contributed by atoms with van der Waals surface area (Å²) in [4.78, 5) is 4.29. The zero-order valence-electron chi connectivity index (χ0n) is 10.3. The Hall–Kier alpha value is 0.150. The van der Waals surface area contributed by atoms with E-state index in [-0.39, 0.29) is 6.04 Å². The van der Waals surface area contributed by atoms with Gasteiger partial charge in [0.25, 0.3) is 0 Å². The van der Waals surface area contributed by atoms with Crippen LogP contribution in [0.1, 0.15) is 26.2 Å². The second-order valence-corrected chi connectivity index (χ2v) is 8.74. The van der Waals surface area contributed by atoms with Crippen LogP contribution in [0.2, 0.25) is 0 Å². The van der Waals surface area contributed by atoms with E-state index in [0.29, 0.717) is 0 Å². The van der Waals surface area contributed by atoms with Crippen molar-refractivity contribution in [3.8, 4) is 0 Å². The van der Waals surface area contributed by atoms with Gasteiger partial charge in [-0.2, -0.15) is 11.8 Å². The molecule has 1 atom stereocenters. The van der Waals surface area contributed by atoms with Crippen LogP contribution in [0.15, 0.2) is 22.0 Å². The maximum Gasteiger partial charge on any atom is 0.0601 e. The van der Waals surface area contributed by atoms with Gasteiger partial charge in [-0.15, -0.1) is 22.7 Å². The highest BCUT2D eigenvalue weighted by Crippen LogP contribution is 2.36. The molecule has 3 N–H and O–H groups in total. The molecule has 1 unspecified atom stereocenters. The number of hydrogen-bond donors (Lipinski definition) is 2. The zero-order chi connectivity index (χ0) is 13.2. The number of fused-ring (bicyclic) bond motifs is 1. The monoisotopic (exact) mass is 374 g/mol. The van der Waals surface area contributed by atoms with Crippen LogP contribution in [0.25, 0.3) is 0 Å². The number of hydrazine groups is 1. The van der Waals surface area contributed by atoms with Crippen LogP contribution in [0.3, 0.4) is 0 Å². The molecule has 0 fully saturated rings. The standard InChI is InChI=1S/C13H15BrN2S3/c14-9-4-10(18-7-9)5-11(16-15)13-3-8-6-17-2-1-12(8)19-13/h3-4,7,11,16H,1-2,5-6,15H2.